The summed E-state index contributed by atoms with van der Waals surface area (Å²) in [6, 6.07) is 45.6. The molecule has 0 radical (unpaired) electrons. The molecule has 51 heavy (non-hydrogen) atoms. The van der Waals surface area contributed by atoms with Crippen molar-refractivity contribution in [2.24, 2.45) is 5.92 Å². The van der Waals surface area contributed by atoms with E-state index < -0.39 is 23.3 Å². The Morgan fingerprint density at radius 2 is 1.27 bits per heavy atom. The molecule has 0 aliphatic carbocycles. The van der Waals surface area contributed by atoms with Gasteiger partial charge in [-0.15, -0.1) is 5.10 Å². The van der Waals surface area contributed by atoms with Crippen molar-refractivity contribution in [2.45, 2.75) is 57.5 Å². The van der Waals surface area contributed by atoms with Crippen LogP contribution < -0.4 is 0 Å². The summed E-state index contributed by atoms with van der Waals surface area (Å²) in [5.74, 6) is -1.04. The van der Waals surface area contributed by atoms with Gasteiger partial charge >= 0.3 is 5.97 Å². The standard InChI is InChI=1S/C43H43N5O3/c1-3-4-24-39(49)48(30-32-25-27-33(28-26-32)37-22-14-15-23-38(37)41-44-46-47-45-41)40(42(50)51)31(2)29-43(34-16-8-5-9-17-34,35-18-10-6-11-19-35)36-20-12-7-13-21-36/h5-23,25-28,31,40H,3-4,24,29-30H2,1-2H3,(H,50,51)(H,44,45,46,47)/t31?,40-/m0/s1. The normalized spacial score (nSPS) is 12.6. The minimum absolute atomic E-state index is 0.159. The van der Waals surface area contributed by atoms with E-state index in [1.165, 1.54) is 0 Å². The highest BCUT2D eigenvalue weighted by atomic mass is 16.4. The quantitative estimate of drug-likeness (QED) is 0.105. The summed E-state index contributed by atoms with van der Waals surface area (Å²) in [7, 11) is 0. The van der Waals surface area contributed by atoms with Gasteiger partial charge in [0.05, 0.1) is 0 Å². The smallest absolute Gasteiger partial charge is 0.326 e. The molecule has 0 bridgehead atoms. The molecule has 6 rings (SSSR count). The third-order valence-electron chi connectivity index (χ3n) is 9.77. The van der Waals surface area contributed by atoms with Crippen LogP contribution >= 0.6 is 0 Å². The van der Waals surface area contributed by atoms with E-state index in [0.29, 0.717) is 18.7 Å². The van der Waals surface area contributed by atoms with E-state index >= 15 is 0 Å². The highest BCUT2D eigenvalue weighted by Gasteiger charge is 2.43. The number of aliphatic carboxylic acids is 1. The fraction of sp³-hybridized carbons (Fsp3) is 0.233. The first-order valence-electron chi connectivity index (χ1n) is 17.5. The maximum Gasteiger partial charge on any atom is 0.326 e. The Bertz CT molecular complexity index is 1900. The number of benzene rings is 5. The molecule has 8 nitrogen and oxygen atoms in total. The molecule has 258 valence electrons. The molecule has 0 aliphatic rings. The van der Waals surface area contributed by atoms with Gasteiger partial charge in [-0.05, 0) is 62.6 Å². The lowest BCUT2D eigenvalue weighted by Crippen LogP contribution is -2.50. The van der Waals surface area contributed by atoms with Crippen LogP contribution in [0.25, 0.3) is 22.5 Å². The summed E-state index contributed by atoms with van der Waals surface area (Å²) in [4.78, 5) is 29.1. The number of amides is 1. The molecular weight excluding hydrogens is 635 g/mol. The molecule has 1 heterocycles. The summed E-state index contributed by atoms with van der Waals surface area (Å²) in [5.41, 5.74) is 6.16. The van der Waals surface area contributed by atoms with Gasteiger partial charge in [0, 0.05) is 23.9 Å². The molecule has 0 saturated heterocycles. The lowest BCUT2D eigenvalue weighted by Gasteiger charge is -2.41. The number of hydrogen-bond acceptors (Lipinski definition) is 5. The number of rotatable bonds is 15. The van der Waals surface area contributed by atoms with Crippen molar-refractivity contribution in [2.75, 3.05) is 0 Å². The Morgan fingerprint density at radius 1 is 0.745 bits per heavy atom. The van der Waals surface area contributed by atoms with Crippen LogP contribution in [0.3, 0.4) is 0 Å². The molecule has 6 aromatic rings. The molecule has 1 aromatic heterocycles. The van der Waals surface area contributed by atoms with Crippen LogP contribution in [0.1, 0.15) is 61.8 Å². The Labute approximate surface area is 299 Å². The third kappa shape index (κ3) is 7.65. The lowest BCUT2D eigenvalue weighted by molar-refractivity contribution is -0.153. The topological polar surface area (TPSA) is 112 Å². The second-order valence-corrected chi connectivity index (χ2v) is 13.1. The first-order valence-corrected chi connectivity index (χ1v) is 17.5. The number of aromatic nitrogens is 4. The van der Waals surface area contributed by atoms with Crippen LogP contribution in [0.4, 0.5) is 0 Å². The number of hydrogen-bond donors (Lipinski definition) is 2. The number of carboxylic acid groups (broad SMARTS) is 1. The summed E-state index contributed by atoms with van der Waals surface area (Å²) in [5, 5.41) is 25.4. The molecule has 1 amide bonds. The number of nitrogens with zero attached hydrogens (tertiary/aromatic N) is 4. The summed E-state index contributed by atoms with van der Waals surface area (Å²) in [6.45, 7) is 4.18. The van der Waals surface area contributed by atoms with E-state index in [1.54, 1.807) is 4.90 Å². The second-order valence-electron chi connectivity index (χ2n) is 13.1. The first-order chi connectivity index (χ1) is 24.9. The molecule has 1 unspecified atom stereocenters. The van der Waals surface area contributed by atoms with E-state index in [4.69, 9.17) is 0 Å². The van der Waals surface area contributed by atoms with Crippen LogP contribution in [0, 0.1) is 5.92 Å². The molecular formula is C43H43N5O3. The predicted molar refractivity (Wildman–Crippen MR) is 200 cm³/mol. The molecule has 0 saturated carbocycles. The minimum Gasteiger partial charge on any atom is -0.480 e. The van der Waals surface area contributed by atoms with Crippen molar-refractivity contribution >= 4 is 11.9 Å². The maximum atomic E-state index is 14.0. The first kappa shape index (κ1) is 35.0. The van der Waals surface area contributed by atoms with Gasteiger partial charge in [-0.2, -0.15) is 0 Å². The lowest BCUT2D eigenvalue weighted by atomic mass is 9.64. The van der Waals surface area contributed by atoms with Crippen LogP contribution in [0.15, 0.2) is 140 Å². The number of tetrazole rings is 1. The number of aromatic amines is 1. The van der Waals surface area contributed by atoms with Gasteiger partial charge in [0.1, 0.15) is 6.04 Å². The predicted octanol–water partition coefficient (Wildman–Crippen LogP) is 8.57. The SMILES string of the molecule is CCCCC(=O)N(Cc1ccc(-c2ccccc2-c2nnn[nH]2)cc1)[C@H](C(=O)O)C(C)CC(c1ccccc1)(c1ccccc1)c1ccccc1. The summed E-state index contributed by atoms with van der Waals surface area (Å²) >= 11 is 0. The molecule has 2 atom stereocenters. The summed E-state index contributed by atoms with van der Waals surface area (Å²) in [6.07, 6.45) is 2.27. The van der Waals surface area contributed by atoms with Gasteiger partial charge in [-0.3, -0.25) is 4.79 Å². The highest BCUT2D eigenvalue weighted by Crippen LogP contribution is 2.45. The minimum atomic E-state index is -1.07. The molecule has 0 aliphatic heterocycles. The van der Waals surface area contributed by atoms with Crippen molar-refractivity contribution in [3.63, 3.8) is 0 Å². The van der Waals surface area contributed by atoms with Crippen molar-refractivity contribution in [3.8, 4) is 22.5 Å². The average molecular weight is 678 g/mol. The molecule has 0 fully saturated rings. The van der Waals surface area contributed by atoms with Gasteiger partial charge in [0.15, 0.2) is 5.82 Å². The number of carbonyl (C=O) groups excluding carboxylic acids is 1. The van der Waals surface area contributed by atoms with Crippen molar-refractivity contribution in [1.82, 2.24) is 25.5 Å². The van der Waals surface area contributed by atoms with E-state index in [-0.39, 0.29) is 18.9 Å². The van der Waals surface area contributed by atoms with Gasteiger partial charge in [0.25, 0.3) is 0 Å². The number of carbonyl (C=O) groups is 2. The number of nitrogens with one attached hydrogen (secondary N) is 1. The van der Waals surface area contributed by atoms with Crippen molar-refractivity contribution in [1.29, 1.82) is 0 Å². The Balaban J connectivity index is 1.38. The zero-order valence-corrected chi connectivity index (χ0v) is 29.0. The number of carboxylic acids is 1. The van der Waals surface area contributed by atoms with Gasteiger partial charge in [-0.25, -0.2) is 9.89 Å². The Hall–Kier alpha value is -5.89. The highest BCUT2D eigenvalue weighted by molar-refractivity contribution is 5.84. The number of H-pyrrole nitrogens is 1. The number of unbranched alkanes of at least 4 members (excludes halogenated alkanes) is 1. The fourth-order valence-electron chi connectivity index (χ4n) is 7.31. The largest absolute Gasteiger partial charge is 0.480 e. The van der Waals surface area contributed by atoms with E-state index in [2.05, 4.69) is 57.0 Å². The van der Waals surface area contributed by atoms with Gasteiger partial charge in [0.2, 0.25) is 5.91 Å². The average Bonchev–Trinajstić information content (AvgIpc) is 3.72. The van der Waals surface area contributed by atoms with Gasteiger partial charge < -0.3 is 10.0 Å². The molecule has 5 aromatic carbocycles. The van der Waals surface area contributed by atoms with Crippen molar-refractivity contribution in [3.05, 3.63) is 162 Å². The van der Waals surface area contributed by atoms with Gasteiger partial charge in [-0.1, -0.05) is 160 Å². The van der Waals surface area contributed by atoms with E-state index in [1.807, 2.05) is 117 Å². The monoisotopic (exact) mass is 677 g/mol. The van der Waals surface area contributed by atoms with E-state index in [0.717, 1.165) is 45.4 Å². The van der Waals surface area contributed by atoms with Crippen LogP contribution in [-0.2, 0) is 21.5 Å². The van der Waals surface area contributed by atoms with Crippen molar-refractivity contribution < 1.29 is 14.7 Å². The fourth-order valence-corrected chi connectivity index (χ4v) is 7.31. The second kappa shape index (κ2) is 16.2. The van der Waals surface area contributed by atoms with E-state index in [9.17, 15) is 14.7 Å². The zero-order valence-electron chi connectivity index (χ0n) is 29.0. The molecule has 8 heteroatoms. The van der Waals surface area contributed by atoms with Crippen LogP contribution in [0.2, 0.25) is 0 Å². The Morgan fingerprint density at radius 3 is 1.76 bits per heavy atom. The van der Waals surface area contributed by atoms with Crippen LogP contribution in [-0.4, -0.2) is 48.5 Å². The summed E-state index contributed by atoms with van der Waals surface area (Å²) < 4.78 is 0. The van der Waals surface area contributed by atoms with Crippen LogP contribution in [0.5, 0.6) is 0 Å². The third-order valence-corrected chi connectivity index (χ3v) is 9.77. The molecule has 2 N–H and O–H groups in total. The Kier molecular flexibility index (Phi) is 11.1. The zero-order chi connectivity index (χ0) is 35.6. The maximum absolute atomic E-state index is 14.0. The molecule has 0 spiro atoms.